The van der Waals surface area contributed by atoms with Gasteiger partial charge in [-0.1, -0.05) is 45.0 Å². The lowest BCUT2D eigenvalue weighted by atomic mass is 10.0. The Morgan fingerprint density at radius 2 is 1.72 bits per heavy atom. The fraction of sp³-hybridized carbons (Fsp3) is 0.650. The Kier molecular flexibility index (Phi) is 7.88. The summed E-state index contributed by atoms with van der Waals surface area (Å²) in [5.41, 5.74) is 2.44. The molecule has 25 heavy (non-hydrogen) atoms. The Bertz CT molecular complexity index is 539. The Morgan fingerprint density at radius 1 is 1.12 bits per heavy atom. The molecule has 140 valence electrons. The van der Waals surface area contributed by atoms with Crippen molar-refractivity contribution >= 4 is 5.91 Å². The van der Waals surface area contributed by atoms with E-state index in [0.29, 0.717) is 6.54 Å². The van der Waals surface area contributed by atoms with Crippen LogP contribution >= 0.6 is 0 Å². The van der Waals surface area contributed by atoms with Gasteiger partial charge in [0, 0.05) is 39.3 Å². The molecule has 1 fully saturated rings. The first kappa shape index (κ1) is 19.9. The van der Waals surface area contributed by atoms with Gasteiger partial charge in [-0.05, 0) is 23.6 Å². The van der Waals surface area contributed by atoms with Crippen molar-refractivity contribution in [3.8, 4) is 0 Å². The van der Waals surface area contributed by atoms with Crippen LogP contribution in [0.1, 0.15) is 38.3 Å². The van der Waals surface area contributed by atoms with Crippen LogP contribution in [0.2, 0.25) is 0 Å². The number of rotatable bonds is 8. The van der Waals surface area contributed by atoms with Crippen LogP contribution in [-0.2, 0) is 17.9 Å². The summed E-state index contributed by atoms with van der Waals surface area (Å²) in [6.07, 6.45) is -0.413. The number of piperazine rings is 1. The molecule has 1 unspecified atom stereocenters. The van der Waals surface area contributed by atoms with Crippen molar-refractivity contribution in [2.24, 2.45) is 5.92 Å². The zero-order chi connectivity index (χ0) is 18.2. The van der Waals surface area contributed by atoms with Gasteiger partial charge >= 0.3 is 0 Å². The van der Waals surface area contributed by atoms with Crippen molar-refractivity contribution in [2.75, 3.05) is 32.7 Å². The highest BCUT2D eigenvalue weighted by Gasteiger charge is 2.17. The van der Waals surface area contributed by atoms with Gasteiger partial charge in [-0.2, -0.15) is 0 Å². The third-order valence-corrected chi connectivity index (χ3v) is 5.06. The number of carbonyl (C=O) groups is 1. The van der Waals surface area contributed by atoms with E-state index >= 15 is 0 Å². The summed E-state index contributed by atoms with van der Waals surface area (Å²) in [4.78, 5) is 17.0. The summed E-state index contributed by atoms with van der Waals surface area (Å²) >= 11 is 0. The molecule has 0 bridgehead atoms. The number of aliphatic hydroxyl groups excluding tert-OH is 1. The van der Waals surface area contributed by atoms with Crippen LogP contribution < -0.4 is 5.32 Å². The number of amides is 1. The quantitative estimate of drug-likeness (QED) is 0.753. The first-order valence-corrected chi connectivity index (χ1v) is 9.45. The van der Waals surface area contributed by atoms with E-state index in [1.54, 1.807) is 0 Å². The van der Waals surface area contributed by atoms with Crippen LogP contribution in [0.4, 0.5) is 0 Å². The second-order valence-electron chi connectivity index (χ2n) is 7.27. The molecule has 2 N–H and O–H groups in total. The van der Waals surface area contributed by atoms with Gasteiger partial charge in [-0.15, -0.1) is 0 Å². The molecule has 1 aliphatic rings. The van der Waals surface area contributed by atoms with E-state index in [9.17, 15) is 9.90 Å². The van der Waals surface area contributed by atoms with Gasteiger partial charge < -0.3 is 15.3 Å². The molecule has 5 nitrogen and oxygen atoms in total. The molecule has 1 heterocycles. The SMILES string of the molecule is CCN1CCN(Cc2ccccc2CNC(=O)CC(O)C(C)C)CC1. The van der Waals surface area contributed by atoms with Crippen molar-refractivity contribution in [3.63, 3.8) is 0 Å². The highest BCUT2D eigenvalue weighted by Crippen LogP contribution is 2.14. The molecule has 1 amide bonds. The average Bonchev–Trinajstić information content (AvgIpc) is 2.61. The number of likely N-dealkylation sites (N-methyl/N-ethyl adjacent to an activating group) is 1. The number of carbonyl (C=O) groups excluding carboxylic acids is 1. The Morgan fingerprint density at radius 3 is 2.32 bits per heavy atom. The normalized spacial score (nSPS) is 17.6. The molecule has 0 saturated carbocycles. The maximum absolute atomic E-state index is 12.0. The van der Waals surface area contributed by atoms with Crippen LogP contribution in [0.3, 0.4) is 0 Å². The summed E-state index contributed by atoms with van der Waals surface area (Å²) in [6, 6.07) is 8.31. The monoisotopic (exact) mass is 347 g/mol. The van der Waals surface area contributed by atoms with Crippen LogP contribution in [0.5, 0.6) is 0 Å². The maximum Gasteiger partial charge on any atom is 0.222 e. The first-order chi connectivity index (χ1) is 12.0. The van der Waals surface area contributed by atoms with E-state index in [-0.39, 0.29) is 18.2 Å². The molecule has 1 aromatic carbocycles. The number of benzene rings is 1. The van der Waals surface area contributed by atoms with Gasteiger partial charge in [0.05, 0.1) is 12.5 Å². The summed E-state index contributed by atoms with van der Waals surface area (Å²) in [5.74, 6) is 0.00684. The largest absolute Gasteiger partial charge is 0.392 e. The van der Waals surface area contributed by atoms with Gasteiger partial charge in [0.2, 0.25) is 5.91 Å². The molecular weight excluding hydrogens is 314 g/mol. The van der Waals surface area contributed by atoms with E-state index in [0.717, 1.165) is 44.8 Å². The van der Waals surface area contributed by atoms with E-state index in [2.05, 4.69) is 40.2 Å². The van der Waals surface area contributed by atoms with Crippen LogP contribution in [-0.4, -0.2) is 59.6 Å². The minimum Gasteiger partial charge on any atom is -0.392 e. The number of aliphatic hydroxyl groups is 1. The molecule has 1 saturated heterocycles. The highest BCUT2D eigenvalue weighted by molar-refractivity contribution is 5.76. The molecule has 2 rings (SSSR count). The van der Waals surface area contributed by atoms with Gasteiger partial charge in [-0.25, -0.2) is 0 Å². The van der Waals surface area contributed by atoms with E-state index < -0.39 is 6.10 Å². The zero-order valence-electron chi connectivity index (χ0n) is 15.9. The minimum atomic E-state index is -0.579. The smallest absolute Gasteiger partial charge is 0.222 e. The molecular formula is C20H33N3O2. The highest BCUT2D eigenvalue weighted by atomic mass is 16.3. The molecule has 1 aromatic rings. The molecule has 1 aliphatic heterocycles. The topological polar surface area (TPSA) is 55.8 Å². The fourth-order valence-electron chi connectivity index (χ4n) is 3.08. The van der Waals surface area contributed by atoms with E-state index in [4.69, 9.17) is 0 Å². The van der Waals surface area contributed by atoms with Crippen molar-refractivity contribution in [1.29, 1.82) is 0 Å². The predicted octanol–water partition coefficient (Wildman–Crippen LogP) is 1.85. The van der Waals surface area contributed by atoms with Crippen molar-refractivity contribution in [1.82, 2.24) is 15.1 Å². The molecule has 0 spiro atoms. The van der Waals surface area contributed by atoms with Gasteiger partial charge in [0.15, 0.2) is 0 Å². The number of nitrogens with one attached hydrogen (secondary N) is 1. The van der Waals surface area contributed by atoms with Crippen LogP contribution in [0, 0.1) is 5.92 Å². The molecule has 5 heteroatoms. The summed E-state index contributed by atoms with van der Waals surface area (Å²) in [6.45, 7) is 13.1. The van der Waals surface area contributed by atoms with Crippen molar-refractivity contribution in [3.05, 3.63) is 35.4 Å². The Balaban J connectivity index is 1.87. The van der Waals surface area contributed by atoms with Gasteiger partial charge in [0.1, 0.15) is 0 Å². The first-order valence-electron chi connectivity index (χ1n) is 9.45. The lowest BCUT2D eigenvalue weighted by Crippen LogP contribution is -2.45. The number of hydrogen-bond acceptors (Lipinski definition) is 4. The Labute approximate surface area is 152 Å². The number of nitrogens with zero attached hydrogens (tertiary/aromatic N) is 2. The fourth-order valence-corrected chi connectivity index (χ4v) is 3.08. The second kappa shape index (κ2) is 9.90. The van der Waals surface area contributed by atoms with E-state index in [1.165, 1.54) is 5.56 Å². The van der Waals surface area contributed by atoms with Crippen LogP contribution in [0.15, 0.2) is 24.3 Å². The number of hydrogen-bond donors (Lipinski definition) is 2. The third-order valence-electron chi connectivity index (χ3n) is 5.06. The van der Waals surface area contributed by atoms with E-state index in [1.807, 2.05) is 19.9 Å². The Hall–Kier alpha value is -1.43. The lowest BCUT2D eigenvalue weighted by Gasteiger charge is -2.34. The van der Waals surface area contributed by atoms with Crippen LogP contribution in [0.25, 0.3) is 0 Å². The third kappa shape index (κ3) is 6.42. The van der Waals surface area contributed by atoms with Gasteiger partial charge in [0.25, 0.3) is 0 Å². The van der Waals surface area contributed by atoms with Crippen molar-refractivity contribution in [2.45, 2.75) is 46.4 Å². The lowest BCUT2D eigenvalue weighted by molar-refractivity contribution is -0.123. The standard InChI is InChI=1S/C20H33N3O2/c1-4-22-9-11-23(12-10-22)15-18-8-6-5-7-17(18)14-21-20(25)13-19(24)16(2)3/h5-8,16,19,24H,4,9-15H2,1-3H3,(H,21,25). The van der Waals surface area contributed by atoms with Crippen molar-refractivity contribution < 1.29 is 9.90 Å². The summed E-state index contributed by atoms with van der Waals surface area (Å²) in [5, 5.41) is 12.8. The maximum atomic E-state index is 12.0. The zero-order valence-corrected chi connectivity index (χ0v) is 15.9. The second-order valence-corrected chi connectivity index (χ2v) is 7.27. The van der Waals surface area contributed by atoms with Gasteiger partial charge in [-0.3, -0.25) is 9.69 Å². The molecule has 1 atom stereocenters. The predicted molar refractivity (Wildman–Crippen MR) is 101 cm³/mol. The molecule has 0 aromatic heterocycles. The summed E-state index contributed by atoms with van der Waals surface area (Å²) < 4.78 is 0. The molecule has 0 aliphatic carbocycles. The minimum absolute atomic E-state index is 0.0902. The average molecular weight is 348 g/mol. The molecule has 0 radical (unpaired) electrons. The summed E-state index contributed by atoms with van der Waals surface area (Å²) in [7, 11) is 0.